The van der Waals surface area contributed by atoms with Crippen LogP contribution in [0.2, 0.25) is 0 Å². The number of nitrogens with two attached hydrogens (primary N) is 1. The van der Waals surface area contributed by atoms with Crippen LogP contribution in [0.5, 0.6) is 0 Å². The smallest absolute Gasteiger partial charge is 0.248 e. The van der Waals surface area contributed by atoms with Gasteiger partial charge in [-0.2, -0.15) is 0 Å². The Morgan fingerprint density at radius 1 is 1.36 bits per heavy atom. The number of nitrogen functional groups attached to an aromatic ring is 1. The van der Waals surface area contributed by atoms with E-state index in [1.165, 1.54) is 0 Å². The minimum absolute atomic E-state index is 0.204. The fourth-order valence-electron chi connectivity index (χ4n) is 1.19. The largest absolute Gasteiger partial charge is 0.383 e. The second-order valence-corrected chi connectivity index (χ2v) is 4.99. The van der Waals surface area contributed by atoms with Crippen LogP contribution < -0.4 is 5.73 Å². The summed E-state index contributed by atoms with van der Waals surface area (Å²) in [5.41, 5.74) is 7.04. The lowest BCUT2D eigenvalue weighted by molar-refractivity contribution is 0.592. The summed E-state index contributed by atoms with van der Waals surface area (Å²) in [6.45, 7) is 3.65. The predicted octanol–water partition coefficient (Wildman–Crippen LogP) is 0.333. The Labute approximate surface area is 83.3 Å². The molecule has 2 N–H and O–H groups in total. The minimum atomic E-state index is -3.38. The van der Waals surface area contributed by atoms with Gasteiger partial charge in [-0.3, -0.25) is 0 Å². The van der Waals surface area contributed by atoms with Crippen molar-refractivity contribution in [3.63, 3.8) is 0 Å². The van der Waals surface area contributed by atoms with Crippen molar-refractivity contribution in [3.05, 3.63) is 11.3 Å². The third kappa shape index (κ3) is 2.01. The summed E-state index contributed by atoms with van der Waals surface area (Å²) < 4.78 is 22.3. The maximum absolute atomic E-state index is 11.2. The summed E-state index contributed by atoms with van der Waals surface area (Å²) >= 11 is 0. The summed E-state index contributed by atoms with van der Waals surface area (Å²) in [7, 11) is -3.38. The average molecular weight is 215 g/mol. The maximum Gasteiger partial charge on any atom is 0.248 e. The molecule has 0 bridgehead atoms. The second kappa shape index (κ2) is 3.53. The molecule has 1 heterocycles. The van der Waals surface area contributed by atoms with Gasteiger partial charge in [0.15, 0.2) is 0 Å². The molecule has 0 aliphatic rings. The van der Waals surface area contributed by atoms with Crippen LogP contribution in [0.4, 0.5) is 5.82 Å². The van der Waals surface area contributed by atoms with E-state index in [9.17, 15) is 8.42 Å². The molecule has 0 spiro atoms. The van der Waals surface area contributed by atoms with Crippen molar-refractivity contribution >= 4 is 15.7 Å². The van der Waals surface area contributed by atoms with Crippen molar-refractivity contribution in [2.75, 3.05) is 12.0 Å². The van der Waals surface area contributed by atoms with Crippen LogP contribution in [-0.2, 0) is 16.3 Å². The van der Waals surface area contributed by atoms with Crippen LogP contribution in [0, 0.1) is 6.92 Å². The first-order valence-corrected chi connectivity index (χ1v) is 6.08. The third-order valence-corrected chi connectivity index (χ3v) is 2.76. The van der Waals surface area contributed by atoms with Gasteiger partial charge < -0.3 is 5.73 Å². The van der Waals surface area contributed by atoms with E-state index < -0.39 is 9.84 Å². The summed E-state index contributed by atoms with van der Waals surface area (Å²) in [5, 5.41) is -0.204. The maximum atomic E-state index is 11.2. The average Bonchev–Trinajstić information content (AvgIpc) is 2.01. The van der Waals surface area contributed by atoms with Crippen molar-refractivity contribution in [2.45, 2.75) is 25.4 Å². The number of sulfone groups is 1. The molecule has 0 unspecified atom stereocenters. The minimum Gasteiger partial charge on any atom is -0.383 e. The molecule has 0 saturated carbocycles. The van der Waals surface area contributed by atoms with E-state index in [-0.39, 0.29) is 11.0 Å². The van der Waals surface area contributed by atoms with E-state index in [4.69, 9.17) is 5.73 Å². The van der Waals surface area contributed by atoms with E-state index in [1.54, 1.807) is 6.92 Å². The van der Waals surface area contributed by atoms with Crippen molar-refractivity contribution < 1.29 is 8.42 Å². The first-order valence-electron chi connectivity index (χ1n) is 4.19. The lowest BCUT2D eigenvalue weighted by Gasteiger charge is -2.06. The van der Waals surface area contributed by atoms with Crippen LogP contribution in [0.1, 0.15) is 18.2 Å². The van der Waals surface area contributed by atoms with E-state index in [2.05, 4.69) is 9.97 Å². The van der Waals surface area contributed by atoms with Crippen LogP contribution in [0.3, 0.4) is 0 Å². The highest BCUT2D eigenvalue weighted by Gasteiger charge is 2.15. The van der Waals surface area contributed by atoms with Gasteiger partial charge in [0.05, 0.1) is 0 Å². The van der Waals surface area contributed by atoms with E-state index in [0.29, 0.717) is 12.1 Å². The standard InChI is InChI=1S/C8H13N3O2S/c1-4-6-5(2)10-8(11-7(6)9)14(3,12)13/h4H2,1-3H3,(H2,9,10,11). The van der Waals surface area contributed by atoms with Gasteiger partial charge >= 0.3 is 0 Å². The number of aromatic nitrogens is 2. The Bertz CT molecular complexity index is 431. The first kappa shape index (κ1) is 10.9. The van der Waals surface area contributed by atoms with Crippen molar-refractivity contribution in [1.82, 2.24) is 9.97 Å². The first-order chi connectivity index (χ1) is 6.36. The Kier molecular flexibility index (Phi) is 2.75. The van der Waals surface area contributed by atoms with E-state index >= 15 is 0 Å². The van der Waals surface area contributed by atoms with Crippen LogP contribution in [0.15, 0.2) is 5.16 Å². The molecule has 6 heteroatoms. The zero-order valence-electron chi connectivity index (χ0n) is 8.40. The van der Waals surface area contributed by atoms with Crippen LogP contribution >= 0.6 is 0 Å². The Balaban J connectivity index is 3.43. The Morgan fingerprint density at radius 3 is 2.29 bits per heavy atom. The van der Waals surface area contributed by atoms with Crippen molar-refractivity contribution in [1.29, 1.82) is 0 Å². The lowest BCUT2D eigenvalue weighted by atomic mass is 10.2. The zero-order valence-corrected chi connectivity index (χ0v) is 9.22. The molecule has 78 valence electrons. The predicted molar refractivity (Wildman–Crippen MR) is 53.7 cm³/mol. The lowest BCUT2D eigenvalue weighted by Crippen LogP contribution is -2.10. The number of aryl methyl sites for hydroxylation is 1. The normalized spacial score (nSPS) is 11.6. The van der Waals surface area contributed by atoms with Gasteiger partial charge in [0.2, 0.25) is 15.0 Å². The topological polar surface area (TPSA) is 85.9 Å². The molecule has 0 amide bonds. The molecule has 14 heavy (non-hydrogen) atoms. The van der Waals surface area contributed by atoms with Gasteiger partial charge in [-0.15, -0.1) is 0 Å². The molecular formula is C8H13N3O2S. The highest BCUT2D eigenvalue weighted by Crippen LogP contribution is 2.15. The number of anilines is 1. The summed E-state index contributed by atoms with van der Waals surface area (Å²) in [5.74, 6) is 0.250. The molecule has 0 atom stereocenters. The van der Waals surface area contributed by atoms with Gasteiger partial charge in [-0.05, 0) is 13.3 Å². The Morgan fingerprint density at radius 2 is 1.93 bits per heavy atom. The van der Waals surface area contributed by atoms with Crippen molar-refractivity contribution in [2.24, 2.45) is 0 Å². The van der Waals surface area contributed by atoms with Gasteiger partial charge in [0, 0.05) is 17.5 Å². The number of nitrogens with zero attached hydrogens (tertiary/aromatic N) is 2. The van der Waals surface area contributed by atoms with Gasteiger partial charge in [-0.1, -0.05) is 6.92 Å². The molecule has 0 saturated heterocycles. The SMILES string of the molecule is CCc1c(C)nc(S(C)(=O)=O)nc1N. The molecule has 1 rings (SSSR count). The molecule has 0 aromatic carbocycles. The third-order valence-electron chi connectivity index (χ3n) is 1.91. The number of hydrogen-bond donors (Lipinski definition) is 1. The fraction of sp³-hybridized carbons (Fsp3) is 0.500. The van der Waals surface area contributed by atoms with Crippen molar-refractivity contribution in [3.8, 4) is 0 Å². The van der Waals surface area contributed by atoms with Gasteiger partial charge in [-0.25, -0.2) is 18.4 Å². The monoisotopic (exact) mass is 215 g/mol. The van der Waals surface area contributed by atoms with Crippen LogP contribution in [0.25, 0.3) is 0 Å². The molecule has 0 aliphatic carbocycles. The Hall–Kier alpha value is -1.17. The highest BCUT2D eigenvalue weighted by molar-refractivity contribution is 7.90. The molecule has 1 aromatic heterocycles. The summed E-state index contributed by atoms with van der Waals surface area (Å²) in [4.78, 5) is 7.65. The molecule has 0 aliphatic heterocycles. The van der Waals surface area contributed by atoms with Crippen LogP contribution in [-0.4, -0.2) is 24.6 Å². The number of hydrogen-bond acceptors (Lipinski definition) is 5. The zero-order chi connectivity index (χ0) is 10.9. The number of rotatable bonds is 2. The molecule has 1 aromatic rings. The second-order valence-electron chi connectivity index (χ2n) is 3.08. The molecule has 5 nitrogen and oxygen atoms in total. The van der Waals surface area contributed by atoms with Gasteiger partial charge in [0.25, 0.3) is 0 Å². The van der Waals surface area contributed by atoms with E-state index in [1.807, 2.05) is 6.92 Å². The van der Waals surface area contributed by atoms with E-state index in [0.717, 1.165) is 11.8 Å². The van der Waals surface area contributed by atoms with Gasteiger partial charge in [0.1, 0.15) is 5.82 Å². The molecular weight excluding hydrogens is 202 g/mol. The molecule has 0 radical (unpaired) electrons. The summed E-state index contributed by atoms with van der Waals surface area (Å²) in [6.07, 6.45) is 1.76. The molecule has 0 fully saturated rings. The fourth-order valence-corrected chi connectivity index (χ4v) is 1.76. The summed E-state index contributed by atoms with van der Waals surface area (Å²) in [6, 6.07) is 0. The highest BCUT2D eigenvalue weighted by atomic mass is 32.2. The quantitative estimate of drug-likeness (QED) is 0.718.